The molecule has 0 fully saturated rings. The molecule has 0 aliphatic heterocycles. The fraction of sp³-hybridized carbons (Fsp3) is 0.333. The third-order valence-corrected chi connectivity index (χ3v) is 2.71. The van der Waals surface area contributed by atoms with E-state index in [1.807, 2.05) is 45.0 Å². The summed E-state index contributed by atoms with van der Waals surface area (Å²) in [5.41, 5.74) is 1.74. The molecule has 1 atom stereocenters. The third-order valence-electron chi connectivity index (χ3n) is 2.71. The lowest BCUT2D eigenvalue weighted by Gasteiger charge is -2.16. The number of benzene rings is 1. The number of amides is 1. The molecule has 2 N–H and O–H groups in total. The summed E-state index contributed by atoms with van der Waals surface area (Å²) in [6, 6.07) is 7.33. The lowest BCUT2D eigenvalue weighted by Crippen LogP contribution is -2.30. The number of aliphatic carboxylic acids is 1. The highest BCUT2D eigenvalue weighted by Gasteiger charge is 2.12. The van der Waals surface area contributed by atoms with E-state index in [0.29, 0.717) is 0 Å². The molecular formula is C15H19NO3. The topological polar surface area (TPSA) is 66.4 Å². The normalized spacial score (nSPS) is 12.6. The minimum absolute atomic E-state index is 0.000943. The summed E-state index contributed by atoms with van der Waals surface area (Å²) >= 11 is 0. The van der Waals surface area contributed by atoms with Crippen molar-refractivity contribution in [1.82, 2.24) is 5.32 Å². The molecule has 1 aromatic rings. The lowest BCUT2D eigenvalue weighted by molar-refractivity contribution is -0.131. The van der Waals surface area contributed by atoms with Gasteiger partial charge in [-0.2, -0.15) is 0 Å². The number of hydrogen-bond acceptors (Lipinski definition) is 2. The molecule has 0 heterocycles. The largest absolute Gasteiger partial charge is 0.478 e. The average molecular weight is 261 g/mol. The molecule has 0 spiro atoms. The molecule has 1 rings (SSSR count). The molecule has 1 amide bonds. The molecule has 1 aromatic carbocycles. The van der Waals surface area contributed by atoms with E-state index < -0.39 is 5.97 Å². The molecule has 4 nitrogen and oxygen atoms in total. The first kappa shape index (κ1) is 15.0. The predicted molar refractivity (Wildman–Crippen MR) is 74.5 cm³/mol. The second-order valence-electron chi connectivity index (χ2n) is 4.73. The Morgan fingerprint density at radius 1 is 1.26 bits per heavy atom. The smallest absolute Gasteiger partial charge is 0.328 e. The maximum absolute atomic E-state index is 11.6. The Hall–Kier alpha value is -2.10. The van der Waals surface area contributed by atoms with Gasteiger partial charge in [-0.25, -0.2) is 4.79 Å². The second-order valence-corrected chi connectivity index (χ2v) is 4.73. The van der Waals surface area contributed by atoms with E-state index >= 15 is 0 Å². The van der Waals surface area contributed by atoms with Gasteiger partial charge in [-0.1, -0.05) is 32.0 Å². The highest BCUT2D eigenvalue weighted by atomic mass is 16.4. The van der Waals surface area contributed by atoms with Gasteiger partial charge in [0.25, 0.3) is 0 Å². The van der Waals surface area contributed by atoms with E-state index in [4.69, 9.17) is 5.11 Å². The Labute approximate surface area is 113 Å². The van der Waals surface area contributed by atoms with Crippen LogP contribution < -0.4 is 5.32 Å². The number of rotatable bonds is 5. The summed E-state index contributed by atoms with van der Waals surface area (Å²) in [7, 11) is 0. The summed E-state index contributed by atoms with van der Waals surface area (Å²) in [6.45, 7) is 5.59. The van der Waals surface area contributed by atoms with Crippen LogP contribution in [0.3, 0.4) is 0 Å². The Bertz CT molecular complexity index is 492. The van der Waals surface area contributed by atoms with Gasteiger partial charge in [0.2, 0.25) is 5.91 Å². The van der Waals surface area contributed by atoms with Crippen LogP contribution in [0.1, 0.15) is 37.9 Å². The van der Waals surface area contributed by atoms with Gasteiger partial charge in [-0.05, 0) is 30.2 Å². The first-order chi connectivity index (χ1) is 8.90. The monoisotopic (exact) mass is 261 g/mol. The zero-order valence-corrected chi connectivity index (χ0v) is 11.4. The van der Waals surface area contributed by atoms with Crippen molar-refractivity contribution >= 4 is 18.0 Å². The molecule has 0 saturated heterocycles. The van der Waals surface area contributed by atoms with Crippen molar-refractivity contribution in [3.63, 3.8) is 0 Å². The Morgan fingerprint density at radius 2 is 1.95 bits per heavy atom. The van der Waals surface area contributed by atoms with Crippen LogP contribution in [-0.2, 0) is 9.59 Å². The number of nitrogens with one attached hydrogen (secondary N) is 1. The van der Waals surface area contributed by atoms with Crippen LogP contribution in [0.15, 0.2) is 30.3 Å². The van der Waals surface area contributed by atoms with Crippen molar-refractivity contribution in [2.45, 2.75) is 26.8 Å². The lowest BCUT2D eigenvalue weighted by atomic mass is 10.0. The molecule has 4 heteroatoms. The van der Waals surface area contributed by atoms with Crippen molar-refractivity contribution < 1.29 is 14.7 Å². The zero-order chi connectivity index (χ0) is 14.4. The van der Waals surface area contributed by atoms with Crippen LogP contribution in [0.4, 0.5) is 0 Å². The molecule has 0 aliphatic carbocycles. The summed E-state index contributed by atoms with van der Waals surface area (Å²) in [6.07, 6.45) is 2.62. The van der Waals surface area contributed by atoms with Crippen LogP contribution in [0.2, 0.25) is 0 Å². The number of carboxylic acids is 1. The van der Waals surface area contributed by atoms with E-state index in [9.17, 15) is 9.59 Å². The Kier molecular flexibility index (Phi) is 5.30. The van der Waals surface area contributed by atoms with E-state index in [1.165, 1.54) is 6.08 Å². The van der Waals surface area contributed by atoms with Gasteiger partial charge in [0.1, 0.15) is 0 Å². The predicted octanol–water partition coefficient (Wildman–Crippen LogP) is 2.62. The molecular weight excluding hydrogens is 242 g/mol. The van der Waals surface area contributed by atoms with Gasteiger partial charge in [0.15, 0.2) is 0 Å². The molecule has 0 radical (unpaired) electrons. The summed E-state index contributed by atoms with van der Waals surface area (Å²) in [5.74, 6) is -1.04. The molecule has 19 heavy (non-hydrogen) atoms. The van der Waals surface area contributed by atoms with E-state index in [0.717, 1.165) is 17.2 Å². The highest BCUT2D eigenvalue weighted by Crippen LogP contribution is 2.15. The maximum atomic E-state index is 11.6. The Balaban J connectivity index is 2.81. The fourth-order valence-corrected chi connectivity index (χ4v) is 1.56. The highest BCUT2D eigenvalue weighted by molar-refractivity contribution is 5.85. The van der Waals surface area contributed by atoms with Crippen molar-refractivity contribution in [3.8, 4) is 0 Å². The van der Waals surface area contributed by atoms with Crippen LogP contribution in [-0.4, -0.2) is 17.0 Å². The summed E-state index contributed by atoms with van der Waals surface area (Å²) in [5, 5.41) is 11.5. The van der Waals surface area contributed by atoms with Crippen LogP contribution in [0.5, 0.6) is 0 Å². The average Bonchev–Trinajstić information content (AvgIpc) is 2.36. The van der Waals surface area contributed by atoms with Gasteiger partial charge in [-0.3, -0.25) is 4.79 Å². The first-order valence-corrected chi connectivity index (χ1v) is 6.21. The maximum Gasteiger partial charge on any atom is 0.328 e. The van der Waals surface area contributed by atoms with Crippen LogP contribution in [0.25, 0.3) is 6.08 Å². The minimum Gasteiger partial charge on any atom is -0.478 e. The van der Waals surface area contributed by atoms with Gasteiger partial charge < -0.3 is 10.4 Å². The van der Waals surface area contributed by atoms with E-state index in [-0.39, 0.29) is 17.9 Å². The second kappa shape index (κ2) is 6.73. The molecule has 0 aromatic heterocycles. The molecule has 0 aliphatic rings. The standard InChI is InChI=1S/C15H19NO3/c1-10(2)15(19)16-11(3)13-6-4-5-12(9-13)7-8-14(17)18/h4-11H,1-3H3,(H,16,19)(H,17,18). The van der Waals surface area contributed by atoms with Gasteiger partial charge in [0.05, 0.1) is 6.04 Å². The van der Waals surface area contributed by atoms with E-state index in [2.05, 4.69) is 5.32 Å². The van der Waals surface area contributed by atoms with Gasteiger partial charge >= 0.3 is 5.97 Å². The van der Waals surface area contributed by atoms with Gasteiger partial charge in [0, 0.05) is 12.0 Å². The molecule has 0 bridgehead atoms. The summed E-state index contributed by atoms with van der Waals surface area (Å²) < 4.78 is 0. The zero-order valence-electron chi connectivity index (χ0n) is 11.4. The van der Waals surface area contributed by atoms with Crippen molar-refractivity contribution in [2.24, 2.45) is 5.92 Å². The summed E-state index contributed by atoms with van der Waals surface area (Å²) in [4.78, 5) is 22.1. The number of carbonyl (C=O) groups is 2. The van der Waals surface area contributed by atoms with Gasteiger partial charge in [-0.15, -0.1) is 0 Å². The SMILES string of the molecule is CC(C)C(=O)NC(C)c1cccc(C=CC(=O)O)c1. The van der Waals surface area contributed by atoms with Crippen molar-refractivity contribution in [2.75, 3.05) is 0 Å². The molecule has 102 valence electrons. The Morgan fingerprint density at radius 3 is 2.53 bits per heavy atom. The quantitative estimate of drug-likeness (QED) is 0.801. The van der Waals surface area contributed by atoms with Crippen LogP contribution >= 0.6 is 0 Å². The van der Waals surface area contributed by atoms with Crippen molar-refractivity contribution in [1.29, 1.82) is 0 Å². The van der Waals surface area contributed by atoms with Crippen LogP contribution in [0, 0.1) is 5.92 Å². The number of carbonyl (C=O) groups excluding carboxylic acids is 1. The fourth-order valence-electron chi connectivity index (χ4n) is 1.56. The molecule has 0 saturated carbocycles. The third kappa shape index (κ3) is 4.95. The first-order valence-electron chi connectivity index (χ1n) is 6.21. The van der Waals surface area contributed by atoms with E-state index in [1.54, 1.807) is 0 Å². The number of carboxylic acid groups (broad SMARTS) is 1. The number of hydrogen-bond donors (Lipinski definition) is 2. The molecule has 1 unspecified atom stereocenters. The van der Waals surface area contributed by atoms with Crippen molar-refractivity contribution in [3.05, 3.63) is 41.5 Å². The minimum atomic E-state index is -0.980.